The van der Waals surface area contributed by atoms with Crippen molar-refractivity contribution in [1.29, 1.82) is 0 Å². The molecule has 5 nitrogen and oxygen atoms in total. The standard InChI is InChI=1S/C8H12N4O/c1-12-6-2-3-10-4-5(6)11-8(12)7(9)13/h10H,2-4H2,1H3,(H2,9,13). The van der Waals surface area contributed by atoms with Gasteiger partial charge in [0.1, 0.15) is 0 Å². The molecule has 5 heteroatoms. The average molecular weight is 180 g/mol. The smallest absolute Gasteiger partial charge is 0.284 e. The SMILES string of the molecule is Cn1c(C(N)=O)nc2c1CCNC2. The van der Waals surface area contributed by atoms with Gasteiger partial charge >= 0.3 is 0 Å². The highest BCUT2D eigenvalue weighted by molar-refractivity contribution is 5.89. The van der Waals surface area contributed by atoms with Crippen LogP contribution in [0.2, 0.25) is 0 Å². The highest BCUT2D eigenvalue weighted by atomic mass is 16.1. The lowest BCUT2D eigenvalue weighted by Crippen LogP contribution is -2.24. The molecule has 0 radical (unpaired) electrons. The Morgan fingerprint density at radius 2 is 2.46 bits per heavy atom. The summed E-state index contributed by atoms with van der Waals surface area (Å²) in [5.41, 5.74) is 7.25. The Hall–Kier alpha value is -1.36. The molecule has 0 fully saturated rings. The number of primary amides is 1. The van der Waals surface area contributed by atoms with Crippen LogP contribution in [-0.2, 0) is 20.0 Å². The third-order valence-corrected chi connectivity index (χ3v) is 2.35. The molecule has 2 heterocycles. The van der Waals surface area contributed by atoms with Crippen molar-refractivity contribution in [2.45, 2.75) is 13.0 Å². The van der Waals surface area contributed by atoms with Crippen LogP contribution in [0.15, 0.2) is 0 Å². The van der Waals surface area contributed by atoms with E-state index in [2.05, 4.69) is 10.3 Å². The summed E-state index contributed by atoms with van der Waals surface area (Å²) in [7, 11) is 1.83. The minimum absolute atomic E-state index is 0.355. The van der Waals surface area contributed by atoms with E-state index < -0.39 is 5.91 Å². The van der Waals surface area contributed by atoms with Crippen LogP contribution in [0.3, 0.4) is 0 Å². The van der Waals surface area contributed by atoms with E-state index in [4.69, 9.17) is 5.73 Å². The zero-order valence-electron chi connectivity index (χ0n) is 7.50. The van der Waals surface area contributed by atoms with Crippen molar-refractivity contribution >= 4 is 5.91 Å². The summed E-state index contributed by atoms with van der Waals surface area (Å²) in [4.78, 5) is 15.1. The highest BCUT2D eigenvalue weighted by Crippen LogP contribution is 2.13. The van der Waals surface area contributed by atoms with E-state index in [9.17, 15) is 4.79 Å². The third kappa shape index (κ3) is 1.21. The monoisotopic (exact) mass is 180 g/mol. The van der Waals surface area contributed by atoms with Crippen molar-refractivity contribution in [2.75, 3.05) is 6.54 Å². The lowest BCUT2D eigenvalue weighted by molar-refractivity contribution is 0.0987. The van der Waals surface area contributed by atoms with Gasteiger partial charge in [-0.05, 0) is 0 Å². The van der Waals surface area contributed by atoms with Gasteiger partial charge in [-0.1, -0.05) is 0 Å². The predicted molar refractivity (Wildman–Crippen MR) is 47.1 cm³/mol. The Morgan fingerprint density at radius 1 is 1.69 bits per heavy atom. The molecule has 0 atom stereocenters. The second-order valence-corrected chi connectivity index (χ2v) is 3.18. The minimum Gasteiger partial charge on any atom is -0.363 e. The summed E-state index contributed by atoms with van der Waals surface area (Å²) in [6, 6.07) is 0. The van der Waals surface area contributed by atoms with Crippen LogP contribution in [-0.4, -0.2) is 22.0 Å². The highest BCUT2D eigenvalue weighted by Gasteiger charge is 2.19. The van der Waals surface area contributed by atoms with Crippen LogP contribution in [0.5, 0.6) is 0 Å². The summed E-state index contributed by atoms with van der Waals surface area (Å²) in [5, 5.41) is 3.19. The average Bonchev–Trinajstić information content (AvgIpc) is 2.45. The molecule has 1 amide bonds. The number of fused-ring (bicyclic) bond motifs is 1. The van der Waals surface area contributed by atoms with E-state index in [1.165, 1.54) is 0 Å². The molecular weight excluding hydrogens is 168 g/mol. The van der Waals surface area contributed by atoms with E-state index in [0.717, 1.165) is 30.9 Å². The van der Waals surface area contributed by atoms with E-state index in [1.54, 1.807) is 4.57 Å². The van der Waals surface area contributed by atoms with E-state index in [1.807, 2.05) is 7.05 Å². The summed E-state index contributed by atoms with van der Waals surface area (Å²) < 4.78 is 1.79. The molecule has 13 heavy (non-hydrogen) atoms. The summed E-state index contributed by atoms with van der Waals surface area (Å²) >= 11 is 0. The molecule has 0 aromatic carbocycles. The maximum absolute atomic E-state index is 11.0. The number of nitrogens with one attached hydrogen (secondary N) is 1. The van der Waals surface area contributed by atoms with Crippen LogP contribution < -0.4 is 11.1 Å². The molecule has 3 N–H and O–H groups in total. The molecule has 1 aliphatic rings. The fourth-order valence-corrected chi connectivity index (χ4v) is 1.68. The fourth-order valence-electron chi connectivity index (χ4n) is 1.68. The van der Waals surface area contributed by atoms with Gasteiger partial charge in [0, 0.05) is 32.3 Å². The molecule has 1 aromatic heterocycles. The Labute approximate surface area is 75.9 Å². The van der Waals surface area contributed by atoms with E-state index in [0.29, 0.717) is 5.82 Å². The molecule has 0 saturated carbocycles. The van der Waals surface area contributed by atoms with Crippen molar-refractivity contribution in [3.05, 3.63) is 17.2 Å². The molecule has 0 unspecified atom stereocenters. The number of aromatic nitrogens is 2. The fraction of sp³-hybridized carbons (Fsp3) is 0.500. The van der Waals surface area contributed by atoms with Crippen molar-refractivity contribution < 1.29 is 4.79 Å². The second-order valence-electron chi connectivity index (χ2n) is 3.18. The maximum atomic E-state index is 11.0. The molecule has 0 aliphatic carbocycles. The first-order chi connectivity index (χ1) is 6.20. The van der Waals surface area contributed by atoms with Gasteiger partial charge in [0.05, 0.1) is 5.69 Å². The van der Waals surface area contributed by atoms with Gasteiger partial charge in [-0.2, -0.15) is 0 Å². The van der Waals surface area contributed by atoms with Crippen molar-refractivity contribution in [3.63, 3.8) is 0 Å². The van der Waals surface area contributed by atoms with Gasteiger partial charge in [-0.15, -0.1) is 0 Å². The number of rotatable bonds is 1. The number of nitrogens with zero attached hydrogens (tertiary/aromatic N) is 2. The topological polar surface area (TPSA) is 72.9 Å². The molecule has 0 spiro atoms. The van der Waals surface area contributed by atoms with Crippen LogP contribution in [0.25, 0.3) is 0 Å². The number of hydrogen-bond donors (Lipinski definition) is 2. The summed E-state index contributed by atoms with van der Waals surface area (Å²) in [6.07, 6.45) is 0.909. The van der Waals surface area contributed by atoms with Gasteiger partial charge in [-0.25, -0.2) is 4.98 Å². The molecule has 1 aromatic rings. The minimum atomic E-state index is -0.461. The van der Waals surface area contributed by atoms with Crippen LogP contribution in [0.1, 0.15) is 22.0 Å². The first-order valence-corrected chi connectivity index (χ1v) is 4.25. The predicted octanol–water partition coefficient (Wildman–Crippen LogP) is -0.835. The lowest BCUT2D eigenvalue weighted by Gasteiger charge is -2.12. The van der Waals surface area contributed by atoms with Crippen molar-refractivity contribution in [2.24, 2.45) is 12.8 Å². The van der Waals surface area contributed by atoms with Crippen molar-refractivity contribution in [3.8, 4) is 0 Å². The Balaban J connectivity index is 2.50. The van der Waals surface area contributed by atoms with E-state index in [-0.39, 0.29) is 0 Å². The first-order valence-electron chi connectivity index (χ1n) is 4.25. The zero-order valence-corrected chi connectivity index (χ0v) is 7.50. The quantitative estimate of drug-likeness (QED) is 0.592. The normalized spacial score (nSPS) is 15.5. The largest absolute Gasteiger partial charge is 0.363 e. The van der Waals surface area contributed by atoms with Crippen LogP contribution in [0.4, 0.5) is 0 Å². The first kappa shape index (κ1) is 8.25. The lowest BCUT2D eigenvalue weighted by atomic mass is 10.2. The summed E-state index contributed by atoms with van der Waals surface area (Å²) in [6.45, 7) is 1.67. The van der Waals surface area contributed by atoms with Crippen LogP contribution in [0, 0.1) is 0 Å². The molecule has 1 aliphatic heterocycles. The van der Waals surface area contributed by atoms with E-state index >= 15 is 0 Å². The van der Waals surface area contributed by atoms with Gasteiger partial charge < -0.3 is 15.6 Å². The molecule has 2 rings (SSSR count). The molecule has 70 valence electrons. The third-order valence-electron chi connectivity index (χ3n) is 2.35. The number of carbonyl (C=O) groups is 1. The molecule has 0 bridgehead atoms. The van der Waals surface area contributed by atoms with Gasteiger partial charge in [-0.3, -0.25) is 4.79 Å². The number of nitrogens with two attached hydrogens (primary N) is 1. The van der Waals surface area contributed by atoms with Gasteiger partial charge in [0.25, 0.3) is 5.91 Å². The molecular formula is C8H12N4O. The Kier molecular flexibility index (Phi) is 1.81. The van der Waals surface area contributed by atoms with Gasteiger partial charge in [0.15, 0.2) is 5.82 Å². The number of hydrogen-bond acceptors (Lipinski definition) is 3. The number of amides is 1. The Morgan fingerprint density at radius 3 is 3.08 bits per heavy atom. The number of imidazole rings is 1. The van der Waals surface area contributed by atoms with Gasteiger partial charge in [0.2, 0.25) is 0 Å². The van der Waals surface area contributed by atoms with Crippen LogP contribution >= 0.6 is 0 Å². The second kappa shape index (κ2) is 2.85. The Bertz CT molecular complexity index is 355. The molecule has 0 saturated heterocycles. The summed E-state index contributed by atoms with van der Waals surface area (Å²) in [5.74, 6) is -0.106. The number of carbonyl (C=O) groups excluding carboxylic acids is 1. The maximum Gasteiger partial charge on any atom is 0.284 e. The van der Waals surface area contributed by atoms with Crippen molar-refractivity contribution in [1.82, 2.24) is 14.9 Å². The zero-order chi connectivity index (χ0) is 9.42.